The molecule has 2 rings (SSSR count). The first kappa shape index (κ1) is 13.9. The Bertz CT molecular complexity index is 473. The summed E-state index contributed by atoms with van der Waals surface area (Å²) < 4.78 is 18.6. The number of nitrogens with zero attached hydrogens (tertiary/aromatic N) is 1. The molecular formula is C13H17FN2O3. The molecule has 1 saturated heterocycles. The Morgan fingerprint density at radius 2 is 2.11 bits per heavy atom. The van der Waals surface area contributed by atoms with Crippen molar-refractivity contribution in [3.8, 4) is 0 Å². The summed E-state index contributed by atoms with van der Waals surface area (Å²) in [6.07, 6.45) is 1.76. The van der Waals surface area contributed by atoms with Gasteiger partial charge in [0.15, 0.2) is 0 Å². The highest BCUT2D eigenvalue weighted by molar-refractivity contribution is 5.35. The van der Waals surface area contributed by atoms with Gasteiger partial charge in [0.05, 0.1) is 11.0 Å². The lowest BCUT2D eigenvalue weighted by molar-refractivity contribution is -0.385. The summed E-state index contributed by atoms with van der Waals surface area (Å²) in [5.74, 6) is -0.580. The normalized spacial score (nSPS) is 18.2. The van der Waals surface area contributed by atoms with E-state index in [9.17, 15) is 14.5 Å². The highest BCUT2D eigenvalue weighted by Gasteiger charge is 2.26. The molecule has 1 heterocycles. The van der Waals surface area contributed by atoms with E-state index in [2.05, 4.69) is 12.2 Å². The minimum atomic E-state index is -0.581. The van der Waals surface area contributed by atoms with Crippen LogP contribution in [0.25, 0.3) is 0 Å². The van der Waals surface area contributed by atoms with Crippen molar-refractivity contribution in [1.29, 1.82) is 0 Å². The van der Waals surface area contributed by atoms with Crippen LogP contribution in [0.4, 0.5) is 10.1 Å². The van der Waals surface area contributed by atoms with E-state index in [1.54, 1.807) is 0 Å². The Kier molecular flexibility index (Phi) is 4.11. The van der Waals surface area contributed by atoms with Gasteiger partial charge in [0.2, 0.25) is 0 Å². The molecule has 19 heavy (non-hydrogen) atoms. The minimum absolute atomic E-state index is 0.0562. The van der Waals surface area contributed by atoms with Gasteiger partial charge in [-0.2, -0.15) is 0 Å². The number of nitrogens with one attached hydrogen (secondary N) is 1. The molecule has 0 spiro atoms. The van der Waals surface area contributed by atoms with E-state index in [0.717, 1.165) is 18.9 Å². The number of halogens is 1. The number of non-ortho nitro benzene ring substituents is 1. The Morgan fingerprint density at radius 3 is 2.74 bits per heavy atom. The molecule has 6 heteroatoms. The van der Waals surface area contributed by atoms with Gasteiger partial charge in [-0.3, -0.25) is 10.1 Å². The van der Waals surface area contributed by atoms with Crippen molar-refractivity contribution in [2.45, 2.75) is 31.8 Å². The fourth-order valence-electron chi connectivity index (χ4n) is 2.15. The fourth-order valence-corrected chi connectivity index (χ4v) is 2.15. The van der Waals surface area contributed by atoms with Crippen molar-refractivity contribution in [2.24, 2.45) is 0 Å². The third-order valence-electron chi connectivity index (χ3n) is 3.47. The minimum Gasteiger partial charge on any atom is -0.381 e. The molecule has 0 amide bonds. The number of rotatable bonds is 4. The van der Waals surface area contributed by atoms with Gasteiger partial charge >= 0.3 is 0 Å². The third kappa shape index (κ3) is 3.71. The number of ether oxygens (including phenoxy) is 1. The number of hydrogen-bond acceptors (Lipinski definition) is 4. The lowest BCUT2D eigenvalue weighted by atomic mass is 9.92. The molecule has 5 nitrogen and oxygen atoms in total. The number of benzene rings is 1. The highest BCUT2D eigenvalue weighted by Crippen LogP contribution is 2.21. The zero-order valence-corrected chi connectivity index (χ0v) is 10.8. The van der Waals surface area contributed by atoms with Crippen LogP contribution in [0.1, 0.15) is 25.3 Å². The predicted octanol–water partition coefficient (Wildman–Crippen LogP) is 2.39. The van der Waals surface area contributed by atoms with Crippen molar-refractivity contribution < 1.29 is 14.1 Å². The van der Waals surface area contributed by atoms with E-state index in [1.165, 1.54) is 12.1 Å². The summed E-state index contributed by atoms with van der Waals surface area (Å²) >= 11 is 0. The van der Waals surface area contributed by atoms with Crippen LogP contribution in [-0.2, 0) is 11.3 Å². The van der Waals surface area contributed by atoms with E-state index in [-0.39, 0.29) is 11.2 Å². The average Bonchev–Trinajstić information content (AvgIpc) is 2.37. The third-order valence-corrected chi connectivity index (χ3v) is 3.47. The van der Waals surface area contributed by atoms with Crippen LogP contribution in [0.2, 0.25) is 0 Å². The SMILES string of the molecule is CC1(NCc2cc(F)cc([N+](=O)[O-])c2)CCOCC1. The van der Waals surface area contributed by atoms with Gasteiger partial charge in [0.1, 0.15) is 5.82 Å². The van der Waals surface area contributed by atoms with Gasteiger partial charge in [-0.25, -0.2) is 4.39 Å². The summed E-state index contributed by atoms with van der Waals surface area (Å²) in [7, 11) is 0. The summed E-state index contributed by atoms with van der Waals surface area (Å²) in [5, 5.41) is 14.0. The fraction of sp³-hybridized carbons (Fsp3) is 0.538. The topological polar surface area (TPSA) is 64.4 Å². The molecule has 1 aromatic rings. The molecule has 104 valence electrons. The number of hydrogen-bond donors (Lipinski definition) is 1. The molecule has 1 fully saturated rings. The molecule has 0 aromatic heterocycles. The summed E-state index contributed by atoms with van der Waals surface area (Å²) in [6.45, 7) is 3.90. The zero-order chi connectivity index (χ0) is 13.9. The van der Waals surface area contributed by atoms with Crippen LogP contribution in [0.3, 0.4) is 0 Å². The van der Waals surface area contributed by atoms with Crippen molar-refractivity contribution in [3.05, 3.63) is 39.7 Å². The molecular weight excluding hydrogens is 251 g/mol. The van der Waals surface area contributed by atoms with Crippen LogP contribution >= 0.6 is 0 Å². The zero-order valence-electron chi connectivity index (χ0n) is 10.8. The Balaban J connectivity index is 2.04. The Morgan fingerprint density at radius 1 is 1.42 bits per heavy atom. The first-order chi connectivity index (χ1) is 8.98. The van der Waals surface area contributed by atoms with E-state index in [4.69, 9.17) is 4.74 Å². The maximum Gasteiger partial charge on any atom is 0.272 e. The van der Waals surface area contributed by atoms with Gasteiger partial charge in [0, 0.05) is 31.4 Å². The second-order valence-corrected chi connectivity index (χ2v) is 5.10. The number of nitro groups is 1. The second kappa shape index (κ2) is 5.63. The summed E-state index contributed by atoms with van der Waals surface area (Å²) in [6, 6.07) is 3.65. The lowest BCUT2D eigenvalue weighted by Crippen LogP contribution is -2.46. The molecule has 0 saturated carbocycles. The quantitative estimate of drug-likeness (QED) is 0.672. The Labute approximate surface area is 110 Å². The van der Waals surface area contributed by atoms with Crippen LogP contribution < -0.4 is 5.32 Å². The molecule has 0 unspecified atom stereocenters. The van der Waals surface area contributed by atoms with Crippen LogP contribution in [0.15, 0.2) is 18.2 Å². The van der Waals surface area contributed by atoms with Crippen molar-refractivity contribution in [3.63, 3.8) is 0 Å². The maximum atomic E-state index is 13.3. The molecule has 1 aliphatic heterocycles. The van der Waals surface area contributed by atoms with Gasteiger partial charge in [0.25, 0.3) is 5.69 Å². The first-order valence-corrected chi connectivity index (χ1v) is 6.25. The molecule has 0 atom stereocenters. The molecule has 0 radical (unpaired) electrons. The van der Waals surface area contributed by atoms with Crippen LogP contribution in [-0.4, -0.2) is 23.7 Å². The van der Waals surface area contributed by atoms with E-state index >= 15 is 0 Å². The average molecular weight is 268 g/mol. The van der Waals surface area contributed by atoms with E-state index in [1.807, 2.05) is 0 Å². The van der Waals surface area contributed by atoms with Crippen molar-refractivity contribution in [1.82, 2.24) is 5.32 Å². The largest absolute Gasteiger partial charge is 0.381 e. The van der Waals surface area contributed by atoms with Crippen molar-refractivity contribution in [2.75, 3.05) is 13.2 Å². The Hall–Kier alpha value is -1.53. The summed E-state index contributed by atoms with van der Waals surface area (Å²) in [4.78, 5) is 10.1. The van der Waals surface area contributed by atoms with Crippen LogP contribution in [0, 0.1) is 15.9 Å². The molecule has 1 aromatic carbocycles. The van der Waals surface area contributed by atoms with Crippen molar-refractivity contribution >= 4 is 5.69 Å². The smallest absolute Gasteiger partial charge is 0.272 e. The molecule has 1 N–H and O–H groups in total. The second-order valence-electron chi connectivity index (χ2n) is 5.10. The van der Waals surface area contributed by atoms with Gasteiger partial charge in [-0.1, -0.05) is 0 Å². The summed E-state index contributed by atoms with van der Waals surface area (Å²) in [5.41, 5.74) is 0.313. The molecule has 0 bridgehead atoms. The monoisotopic (exact) mass is 268 g/mol. The van der Waals surface area contributed by atoms with Crippen LogP contribution in [0.5, 0.6) is 0 Å². The molecule has 0 aliphatic carbocycles. The maximum absolute atomic E-state index is 13.3. The lowest BCUT2D eigenvalue weighted by Gasteiger charge is -2.34. The predicted molar refractivity (Wildman–Crippen MR) is 68.4 cm³/mol. The first-order valence-electron chi connectivity index (χ1n) is 6.25. The standard InChI is InChI=1S/C13H17FN2O3/c1-13(2-4-19-5-3-13)15-9-10-6-11(14)8-12(7-10)16(17)18/h6-8,15H,2-5,9H2,1H3. The van der Waals surface area contributed by atoms with Gasteiger partial charge in [-0.15, -0.1) is 0 Å². The highest BCUT2D eigenvalue weighted by atomic mass is 19.1. The number of nitro benzene ring substituents is 1. The van der Waals surface area contributed by atoms with Gasteiger partial charge in [-0.05, 0) is 31.4 Å². The van der Waals surface area contributed by atoms with E-state index in [0.29, 0.717) is 25.3 Å². The van der Waals surface area contributed by atoms with Gasteiger partial charge < -0.3 is 10.1 Å². The molecule has 1 aliphatic rings. The van der Waals surface area contributed by atoms with E-state index < -0.39 is 10.7 Å².